The van der Waals surface area contributed by atoms with Crippen LogP contribution in [0.2, 0.25) is 0 Å². The normalized spacial score (nSPS) is 17.5. The summed E-state index contributed by atoms with van der Waals surface area (Å²) in [6.45, 7) is 7.66. The number of nitrogens with zero attached hydrogens (tertiary/aromatic N) is 1. The first-order valence-corrected chi connectivity index (χ1v) is 11.4. The van der Waals surface area contributed by atoms with E-state index in [0.29, 0.717) is 6.54 Å². The number of nitrogens with one attached hydrogen (secondary N) is 2. The molecule has 1 aliphatic carbocycles. The van der Waals surface area contributed by atoms with Gasteiger partial charge in [-0.25, -0.2) is 8.42 Å². The summed E-state index contributed by atoms with van der Waals surface area (Å²) in [7, 11) is -2.95. The van der Waals surface area contributed by atoms with Gasteiger partial charge in [0, 0.05) is 47.0 Å². The van der Waals surface area contributed by atoms with Crippen molar-refractivity contribution in [1.82, 2.24) is 10.6 Å². The summed E-state index contributed by atoms with van der Waals surface area (Å²) in [4.78, 5) is 7.34. The minimum Gasteiger partial charge on any atom is -0.357 e. The first-order chi connectivity index (χ1) is 11.2. The van der Waals surface area contributed by atoms with Crippen molar-refractivity contribution >= 4 is 51.1 Å². The monoisotopic (exact) mass is 499 g/mol. The fraction of sp³-hybridized carbons (Fsp3) is 0.706. The lowest BCUT2D eigenvalue weighted by Crippen LogP contribution is -2.43. The zero-order valence-corrected chi connectivity index (χ0v) is 19.4. The summed E-state index contributed by atoms with van der Waals surface area (Å²) in [6, 6.07) is 4.59. The molecule has 8 heteroatoms. The molecule has 1 atom stereocenters. The molecule has 1 heterocycles. The number of halogens is 1. The van der Waals surface area contributed by atoms with Crippen LogP contribution in [0.15, 0.2) is 17.1 Å². The Balaban J connectivity index is 0.00000312. The highest BCUT2D eigenvalue weighted by atomic mass is 127. The van der Waals surface area contributed by atoms with Gasteiger partial charge in [0.15, 0.2) is 5.96 Å². The third-order valence-electron chi connectivity index (χ3n) is 4.13. The van der Waals surface area contributed by atoms with Gasteiger partial charge >= 0.3 is 0 Å². The van der Waals surface area contributed by atoms with Gasteiger partial charge in [-0.2, -0.15) is 0 Å². The predicted molar refractivity (Wildman–Crippen MR) is 118 cm³/mol. The molecule has 1 aromatic heterocycles. The van der Waals surface area contributed by atoms with E-state index in [-0.39, 0.29) is 41.2 Å². The summed E-state index contributed by atoms with van der Waals surface area (Å²) in [5.41, 5.74) is -0.135. The smallest absolute Gasteiger partial charge is 0.191 e. The number of sulfone groups is 1. The Morgan fingerprint density at radius 1 is 1.40 bits per heavy atom. The van der Waals surface area contributed by atoms with Gasteiger partial charge in [0.05, 0.1) is 5.75 Å². The van der Waals surface area contributed by atoms with Crippen molar-refractivity contribution in [3.05, 3.63) is 21.9 Å². The average molecular weight is 499 g/mol. The van der Waals surface area contributed by atoms with E-state index in [9.17, 15) is 8.42 Å². The van der Waals surface area contributed by atoms with Crippen LogP contribution in [0, 0.1) is 12.3 Å². The Morgan fingerprint density at radius 2 is 2.08 bits per heavy atom. The van der Waals surface area contributed by atoms with Crippen molar-refractivity contribution in [1.29, 1.82) is 0 Å². The van der Waals surface area contributed by atoms with Gasteiger partial charge in [0.1, 0.15) is 9.84 Å². The fourth-order valence-corrected chi connectivity index (χ4v) is 5.34. The van der Waals surface area contributed by atoms with Crippen LogP contribution in [0.1, 0.15) is 36.4 Å². The number of aryl methyl sites for hydroxylation is 1. The molecule has 144 valence electrons. The molecule has 2 N–H and O–H groups in total. The first-order valence-electron chi connectivity index (χ1n) is 8.49. The molecule has 0 aliphatic heterocycles. The maximum atomic E-state index is 11.6. The minimum atomic E-state index is -2.95. The molecule has 25 heavy (non-hydrogen) atoms. The van der Waals surface area contributed by atoms with Gasteiger partial charge in [-0.3, -0.25) is 4.99 Å². The Kier molecular flexibility index (Phi) is 8.66. The molecule has 0 spiro atoms. The zero-order chi connectivity index (χ0) is 17.8. The lowest BCUT2D eigenvalue weighted by Gasteiger charge is -2.18. The highest BCUT2D eigenvalue weighted by Gasteiger charge is 2.45. The van der Waals surface area contributed by atoms with E-state index < -0.39 is 9.84 Å². The number of guanidine groups is 1. The summed E-state index contributed by atoms with van der Waals surface area (Å²) >= 11 is 1.82. The van der Waals surface area contributed by atoms with E-state index in [2.05, 4.69) is 41.6 Å². The molecular weight excluding hydrogens is 469 g/mol. The molecule has 0 bridgehead atoms. The predicted octanol–water partition coefficient (Wildman–Crippen LogP) is 2.99. The lowest BCUT2D eigenvalue weighted by molar-refractivity contribution is 0.548. The van der Waals surface area contributed by atoms with Gasteiger partial charge in [-0.05, 0) is 45.7 Å². The van der Waals surface area contributed by atoms with Crippen LogP contribution in [-0.2, 0) is 16.3 Å². The molecule has 1 aliphatic rings. The number of aliphatic imine (C=N–C) groups is 1. The summed E-state index contributed by atoms with van der Waals surface area (Å²) in [5.74, 6) is 1.02. The maximum absolute atomic E-state index is 11.6. The van der Waals surface area contributed by atoms with Crippen molar-refractivity contribution in [3.63, 3.8) is 0 Å². The quantitative estimate of drug-likeness (QED) is 0.328. The first kappa shape index (κ1) is 22.7. The van der Waals surface area contributed by atoms with Gasteiger partial charge in [-0.15, -0.1) is 35.3 Å². The van der Waals surface area contributed by atoms with Crippen molar-refractivity contribution in [2.45, 2.75) is 46.1 Å². The molecule has 0 saturated heterocycles. The highest BCUT2D eigenvalue weighted by molar-refractivity contribution is 14.0. The molecule has 5 nitrogen and oxygen atoms in total. The third-order valence-corrected chi connectivity index (χ3v) is 6.29. The van der Waals surface area contributed by atoms with Crippen LogP contribution in [0.4, 0.5) is 0 Å². The Bertz CT molecular complexity index is 682. The van der Waals surface area contributed by atoms with Crippen LogP contribution in [-0.4, -0.2) is 45.5 Å². The molecule has 0 radical (unpaired) electrons. The van der Waals surface area contributed by atoms with Crippen molar-refractivity contribution < 1.29 is 8.42 Å². The third kappa shape index (κ3) is 8.25. The molecule has 2 rings (SSSR count). The van der Waals surface area contributed by atoms with Gasteiger partial charge in [0.25, 0.3) is 0 Å². The van der Waals surface area contributed by atoms with Crippen LogP contribution < -0.4 is 10.6 Å². The number of hydrogen-bond acceptors (Lipinski definition) is 4. The molecule has 1 fully saturated rings. The van der Waals surface area contributed by atoms with Crippen molar-refractivity contribution in [2.75, 3.05) is 25.1 Å². The van der Waals surface area contributed by atoms with E-state index in [0.717, 1.165) is 31.8 Å². The topological polar surface area (TPSA) is 70.6 Å². The number of hydrogen-bond donors (Lipinski definition) is 2. The number of thiophene rings is 1. The maximum Gasteiger partial charge on any atom is 0.191 e. The zero-order valence-electron chi connectivity index (χ0n) is 15.5. The molecular formula is C17H30IN3O2S2. The molecule has 1 saturated carbocycles. The Labute approximate surface area is 173 Å². The summed E-state index contributed by atoms with van der Waals surface area (Å²) in [6.07, 6.45) is 4.17. The summed E-state index contributed by atoms with van der Waals surface area (Å²) < 4.78 is 23.1. The second-order valence-electron chi connectivity index (χ2n) is 7.03. The highest BCUT2D eigenvalue weighted by Crippen LogP contribution is 2.46. The van der Waals surface area contributed by atoms with Gasteiger partial charge in [0.2, 0.25) is 0 Å². The number of rotatable bonds is 8. The Hall–Kier alpha value is -0.350. The van der Waals surface area contributed by atoms with E-state index in [1.807, 2.05) is 18.3 Å². The second-order valence-corrected chi connectivity index (χ2v) is 10.5. The van der Waals surface area contributed by atoms with Crippen molar-refractivity contribution in [3.8, 4) is 0 Å². The lowest BCUT2D eigenvalue weighted by atomic mass is 10.1. The molecule has 0 aromatic carbocycles. The van der Waals surface area contributed by atoms with Crippen molar-refractivity contribution in [2.24, 2.45) is 10.4 Å². The van der Waals surface area contributed by atoms with Crippen LogP contribution >= 0.6 is 35.3 Å². The van der Waals surface area contributed by atoms with E-state index in [1.165, 1.54) is 16.0 Å². The molecule has 1 unspecified atom stereocenters. The second kappa shape index (κ2) is 9.55. The minimum absolute atomic E-state index is 0. The van der Waals surface area contributed by atoms with E-state index in [1.54, 1.807) is 0 Å². The largest absolute Gasteiger partial charge is 0.357 e. The fourth-order valence-electron chi connectivity index (χ4n) is 2.83. The van der Waals surface area contributed by atoms with Crippen LogP contribution in [0.5, 0.6) is 0 Å². The summed E-state index contributed by atoms with van der Waals surface area (Å²) in [5, 5.41) is 6.70. The van der Waals surface area contributed by atoms with Crippen LogP contribution in [0.3, 0.4) is 0 Å². The molecule has 0 amide bonds. The Morgan fingerprint density at radius 3 is 2.56 bits per heavy atom. The van der Waals surface area contributed by atoms with E-state index in [4.69, 9.17) is 0 Å². The van der Waals surface area contributed by atoms with E-state index >= 15 is 0 Å². The average Bonchev–Trinajstić information content (AvgIpc) is 3.08. The van der Waals surface area contributed by atoms with Crippen LogP contribution in [0.25, 0.3) is 0 Å². The van der Waals surface area contributed by atoms with Gasteiger partial charge < -0.3 is 10.6 Å². The molecule has 1 aromatic rings. The SMILES string of the molecule is CCNC(=NCC1(CS(C)(=O)=O)CC1)NC(C)Cc1ccc(C)s1.I. The standard InChI is InChI=1S/C17H29N3O2S2.HI/c1-5-18-16(19-11-17(8-9-17)12-24(4,21)22)20-13(2)10-15-7-6-14(3)23-15;/h6-7,13H,5,8-12H2,1-4H3,(H2,18,19,20);1H. The van der Waals surface area contributed by atoms with Gasteiger partial charge in [-0.1, -0.05) is 0 Å².